The molecule has 0 aliphatic heterocycles. The van der Waals surface area contributed by atoms with E-state index >= 15 is 0 Å². The maximum Gasteiger partial charge on any atom is 0.330 e. The molecule has 0 amide bonds. The number of aliphatic hydroxyl groups excluding tert-OH is 1. The number of carbonyl (C=O) groups excluding carboxylic acids is 1. The summed E-state index contributed by atoms with van der Waals surface area (Å²) >= 11 is 0. The molecule has 0 radical (unpaired) electrons. The number of nitrogens with zero attached hydrogens (tertiary/aromatic N) is 1. The minimum Gasteiger partial charge on any atom is -0.466 e. The third-order valence-corrected chi connectivity index (χ3v) is 6.57. The van der Waals surface area contributed by atoms with Gasteiger partial charge in [0.1, 0.15) is 0 Å². The van der Waals surface area contributed by atoms with E-state index in [1.165, 1.54) is 34.7 Å². The molecule has 168 valence electrons. The van der Waals surface area contributed by atoms with Gasteiger partial charge in [0.25, 0.3) is 0 Å². The number of H-pyrrole nitrogens is 1. The molecule has 0 saturated carbocycles. The van der Waals surface area contributed by atoms with E-state index in [1.807, 2.05) is 6.92 Å². The number of aliphatic hydroxyl groups is 1. The SMILES string of the molecule is COC(=O)/C=C(\C)c1ccc2c(c1)CCC2N(CCCO)CCc1c[nH]c2ccccc12. The van der Waals surface area contributed by atoms with Crippen LogP contribution in [-0.2, 0) is 22.4 Å². The number of hydrogen-bond acceptors (Lipinski definition) is 4. The zero-order chi connectivity index (χ0) is 22.5. The smallest absolute Gasteiger partial charge is 0.330 e. The molecule has 2 aromatic carbocycles. The van der Waals surface area contributed by atoms with Gasteiger partial charge in [-0.25, -0.2) is 4.79 Å². The first-order valence-corrected chi connectivity index (χ1v) is 11.4. The fourth-order valence-corrected chi connectivity index (χ4v) is 4.84. The van der Waals surface area contributed by atoms with Crippen LogP contribution in [0, 0.1) is 0 Å². The number of aryl methyl sites for hydroxylation is 1. The van der Waals surface area contributed by atoms with Crippen LogP contribution in [0.25, 0.3) is 16.5 Å². The summed E-state index contributed by atoms with van der Waals surface area (Å²) in [5.74, 6) is -0.326. The number of rotatable bonds is 9. The van der Waals surface area contributed by atoms with E-state index in [-0.39, 0.29) is 12.6 Å². The average Bonchev–Trinajstić information content (AvgIpc) is 3.43. The second kappa shape index (κ2) is 10.2. The molecule has 0 spiro atoms. The van der Waals surface area contributed by atoms with E-state index in [0.717, 1.165) is 49.9 Å². The summed E-state index contributed by atoms with van der Waals surface area (Å²) in [6.45, 7) is 3.99. The maximum absolute atomic E-state index is 11.6. The van der Waals surface area contributed by atoms with Gasteiger partial charge in [-0.05, 0) is 66.5 Å². The number of allylic oxidation sites excluding steroid dienone is 1. The Hall–Kier alpha value is -2.89. The molecule has 1 atom stereocenters. The molecular weight excluding hydrogens is 400 g/mol. The fourth-order valence-electron chi connectivity index (χ4n) is 4.84. The molecule has 4 rings (SSSR count). The van der Waals surface area contributed by atoms with E-state index in [4.69, 9.17) is 4.74 Å². The highest BCUT2D eigenvalue weighted by molar-refractivity contribution is 5.90. The quantitative estimate of drug-likeness (QED) is 0.381. The van der Waals surface area contributed by atoms with Crippen molar-refractivity contribution in [2.24, 2.45) is 0 Å². The van der Waals surface area contributed by atoms with Crippen molar-refractivity contribution >= 4 is 22.4 Å². The normalized spacial score (nSPS) is 16.0. The van der Waals surface area contributed by atoms with E-state index in [2.05, 4.69) is 58.5 Å². The summed E-state index contributed by atoms with van der Waals surface area (Å²) < 4.78 is 4.76. The van der Waals surface area contributed by atoms with Gasteiger partial charge in [-0.3, -0.25) is 4.90 Å². The van der Waals surface area contributed by atoms with Gasteiger partial charge in [0.2, 0.25) is 0 Å². The Balaban J connectivity index is 1.52. The number of aromatic amines is 1. The maximum atomic E-state index is 11.6. The van der Waals surface area contributed by atoms with E-state index in [1.54, 1.807) is 6.08 Å². The molecule has 1 aliphatic carbocycles. The zero-order valence-corrected chi connectivity index (χ0v) is 18.9. The molecule has 0 saturated heterocycles. The van der Waals surface area contributed by atoms with E-state index < -0.39 is 0 Å². The topological polar surface area (TPSA) is 65.6 Å². The van der Waals surface area contributed by atoms with Crippen LogP contribution < -0.4 is 0 Å². The standard InChI is InChI=1S/C27H32N2O3/c1-19(16-27(31)32-2)20-8-10-24-21(17-20)9-11-26(24)29(13-5-15-30)14-12-22-18-28-25-7-4-3-6-23(22)25/h3-4,6-8,10,16-18,26,28,30H,5,9,11-15H2,1-2H3/b19-16+. The Kier molecular flexibility index (Phi) is 7.08. The minimum absolute atomic E-state index is 0.208. The average molecular weight is 433 g/mol. The summed E-state index contributed by atoms with van der Waals surface area (Å²) in [7, 11) is 1.40. The minimum atomic E-state index is -0.326. The summed E-state index contributed by atoms with van der Waals surface area (Å²) in [5, 5.41) is 10.8. The van der Waals surface area contributed by atoms with Crippen molar-refractivity contribution in [1.29, 1.82) is 0 Å². The van der Waals surface area contributed by atoms with Crippen LogP contribution in [0.2, 0.25) is 0 Å². The number of fused-ring (bicyclic) bond motifs is 2. The first-order valence-electron chi connectivity index (χ1n) is 11.4. The number of aromatic nitrogens is 1. The van der Waals surface area contributed by atoms with Crippen molar-refractivity contribution < 1.29 is 14.6 Å². The largest absolute Gasteiger partial charge is 0.466 e. The van der Waals surface area contributed by atoms with Gasteiger partial charge in [-0.15, -0.1) is 0 Å². The van der Waals surface area contributed by atoms with Crippen LogP contribution in [0.3, 0.4) is 0 Å². The van der Waals surface area contributed by atoms with Crippen LogP contribution in [0.1, 0.15) is 48.1 Å². The molecular formula is C27H32N2O3. The second-order valence-corrected chi connectivity index (χ2v) is 8.54. The Bertz CT molecular complexity index is 1120. The third-order valence-electron chi connectivity index (χ3n) is 6.57. The number of ether oxygens (including phenoxy) is 1. The molecule has 1 unspecified atom stereocenters. The highest BCUT2D eigenvalue weighted by Gasteiger charge is 2.28. The molecule has 5 heteroatoms. The van der Waals surface area contributed by atoms with Gasteiger partial charge in [0, 0.05) is 48.9 Å². The van der Waals surface area contributed by atoms with E-state index in [0.29, 0.717) is 6.04 Å². The van der Waals surface area contributed by atoms with Crippen molar-refractivity contribution in [3.8, 4) is 0 Å². The van der Waals surface area contributed by atoms with Crippen LogP contribution in [0.4, 0.5) is 0 Å². The lowest BCUT2D eigenvalue weighted by Gasteiger charge is -2.29. The van der Waals surface area contributed by atoms with Crippen LogP contribution >= 0.6 is 0 Å². The van der Waals surface area contributed by atoms with Crippen LogP contribution in [-0.4, -0.2) is 47.8 Å². The molecule has 2 N–H and O–H groups in total. The van der Waals surface area contributed by atoms with Gasteiger partial charge >= 0.3 is 5.97 Å². The van der Waals surface area contributed by atoms with Gasteiger partial charge in [0.05, 0.1) is 7.11 Å². The molecule has 3 aromatic rings. The number of para-hydroxylation sites is 1. The summed E-state index contributed by atoms with van der Waals surface area (Å²) in [6, 6.07) is 15.3. The molecule has 1 heterocycles. The first-order chi connectivity index (χ1) is 15.6. The molecule has 32 heavy (non-hydrogen) atoms. The van der Waals surface area contributed by atoms with Crippen molar-refractivity contribution in [2.45, 2.75) is 38.6 Å². The van der Waals surface area contributed by atoms with Crippen LogP contribution in [0.5, 0.6) is 0 Å². The highest BCUT2D eigenvalue weighted by atomic mass is 16.5. The van der Waals surface area contributed by atoms with Gasteiger partial charge in [-0.2, -0.15) is 0 Å². The Morgan fingerprint density at radius 1 is 1.25 bits per heavy atom. The van der Waals surface area contributed by atoms with Gasteiger partial charge < -0.3 is 14.8 Å². The van der Waals surface area contributed by atoms with Gasteiger partial charge in [-0.1, -0.05) is 36.4 Å². The third kappa shape index (κ3) is 4.79. The highest BCUT2D eigenvalue weighted by Crippen LogP contribution is 2.37. The summed E-state index contributed by atoms with van der Waals surface area (Å²) in [5.41, 5.74) is 7.23. The molecule has 1 aromatic heterocycles. The lowest BCUT2D eigenvalue weighted by molar-refractivity contribution is -0.134. The predicted molar refractivity (Wildman–Crippen MR) is 128 cm³/mol. The number of methoxy groups -OCH3 is 1. The van der Waals surface area contributed by atoms with Crippen molar-refractivity contribution in [3.05, 3.63) is 77.0 Å². The number of esters is 1. The Labute approximate surface area is 189 Å². The molecule has 0 bridgehead atoms. The Morgan fingerprint density at radius 3 is 2.91 bits per heavy atom. The second-order valence-electron chi connectivity index (χ2n) is 8.54. The summed E-state index contributed by atoms with van der Waals surface area (Å²) in [4.78, 5) is 17.5. The lowest BCUT2D eigenvalue weighted by Crippen LogP contribution is -2.31. The lowest BCUT2D eigenvalue weighted by atomic mass is 9.99. The zero-order valence-electron chi connectivity index (χ0n) is 18.9. The number of nitrogens with one attached hydrogen (secondary N) is 1. The molecule has 5 nitrogen and oxygen atoms in total. The monoisotopic (exact) mass is 432 g/mol. The van der Waals surface area contributed by atoms with Crippen molar-refractivity contribution in [3.63, 3.8) is 0 Å². The number of carbonyl (C=O) groups is 1. The Morgan fingerprint density at radius 2 is 2.09 bits per heavy atom. The summed E-state index contributed by atoms with van der Waals surface area (Å²) in [6.07, 6.45) is 7.53. The van der Waals surface area contributed by atoms with E-state index in [9.17, 15) is 9.90 Å². The fraction of sp³-hybridized carbons (Fsp3) is 0.370. The molecule has 1 aliphatic rings. The number of hydrogen-bond donors (Lipinski definition) is 2. The first kappa shape index (κ1) is 22.3. The van der Waals surface area contributed by atoms with Gasteiger partial charge in [0.15, 0.2) is 0 Å². The number of benzene rings is 2. The van der Waals surface area contributed by atoms with Crippen LogP contribution in [0.15, 0.2) is 54.7 Å². The predicted octanol–water partition coefficient (Wildman–Crippen LogP) is 4.66. The van der Waals surface area contributed by atoms with Crippen molar-refractivity contribution in [1.82, 2.24) is 9.88 Å². The molecule has 0 fully saturated rings. The van der Waals surface area contributed by atoms with Crippen molar-refractivity contribution in [2.75, 3.05) is 26.8 Å².